The van der Waals surface area contributed by atoms with Crippen LogP contribution in [0, 0.1) is 0 Å². The molecule has 0 bridgehead atoms. The Labute approximate surface area is 93.8 Å². The third kappa shape index (κ3) is 2.27. The average molecular weight is 217 g/mol. The second-order valence-electron chi connectivity index (χ2n) is 3.85. The minimum Gasteiger partial charge on any atom is -0.304 e. The van der Waals surface area contributed by atoms with E-state index in [1.165, 1.54) is 0 Å². The molecular weight excluding hydrogens is 202 g/mol. The number of rotatable bonds is 4. The molecule has 2 aromatic rings. The summed E-state index contributed by atoms with van der Waals surface area (Å²) < 4.78 is 0. The molecular formula is C12H15N3O. The highest BCUT2D eigenvalue weighted by molar-refractivity contribution is 5.75. The minimum absolute atomic E-state index is 0.285. The molecule has 0 aliphatic rings. The first-order valence-corrected chi connectivity index (χ1v) is 5.65. The van der Waals surface area contributed by atoms with E-state index in [1.54, 1.807) is 6.20 Å². The molecule has 0 aliphatic carbocycles. The highest BCUT2D eigenvalue weighted by Crippen LogP contribution is 2.12. The molecule has 0 saturated carbocycles. The van der Waals surface area contributed by atoms with Crippen molar-refractivity contribution >= 4 is 11.0 Å². The Kier molecular flexibility index (Phi) is 3.29. The van der Waals surface area contributed by atoms with Crippen molar-refractivity contribution in [3.63, 3.8) is 0 Å². The number of fused-ring (bicyclic) bond motifs is 1. The first-order valence-electron chi connectivity index (χ1n) is 5.65. The van der Waals surface area contributed by atoms with Gasteiger partial charge in [-0.25, -0.2) is 4.79 Å². The van der Waals surface area contributed by atoms with Gasteiger partial charge in [0.1, 0.15) is 5.52 Å². The number of unbranched alkanes of at least 4 members (excludes halogenated alkanes) is 2. The lowest BCUT2D eigenvalue weighted by atomic mass is 10.1. The van der Waals surface area contributed by atoms with Gasteiger partial charge in [-0.05, 0) is 25.0 Å². The maximum absolute atomic E-state index is 11.3. The molecule has 4 nitrogen and oxygen atoms in total. The van der Waals surface area contributed by atoms with Crippen molar-refractivity contribution in [3.8, 4) is 0 Å². The van der Waals surface area contributed by atoms with Crippen LogP contribution in [0.5, 0.6) is 0 Å². The van der Waals surface area contributed by atoms with Gasteiger partial charge in [-0.15, -0.1) is 0 Å². The van der Waals surface area contributed by atoms with Gasteiger partial charge < -0.3 is 4.98 Å². The molecule has 2 heterocycles. The van der Waals surface area contributed by atoms with Crippen LogP contribution in [0.15, 0.2) is 23.1 Å². The van der Waals surface area contributed by atoms with Crippen molar-refractivity contribution in [2.24, 2.45) is 0 Å². The van der Waals surface area contributed by atoms with Crippen LogP contribution in [-0.4, -0.2) is 15.0 Å². The van der Waals surface area contributed by atoms with E-state index in [9.17, 15) is 4.79 Å². The van der Waals surface area contributed by atoms with Gasteiger partial charge in [0.25, 0.3) is 0 Å². The number of aryl methyl sites for hydroxylation is 1. The summed E-state index contributed by atoms with van der Waals surface area (Å²) in [4.78, 5) is 22.3. The Hall–Kier alpha value is -1.71. The Morgan fingerprint density at radius 2 is 2.25 bits per heavy atom. The fourth-order valence-electron chi connectivity index (χ4n) is 1.77. The summed E-state index contributed by atoms with van der Waals surface area (Å²) in [6.45, 7) is 2.15. The molecule has 0 radical (unpaired) electrons. The molecule has 2 aromatic heterocycles. The molecule has 0 amide bonds. The Balaban J connectivity index is 2.38. The molecule has 1 N–H and O–H groups in total. The molecule has 0 aromatic carbocycles. The fraction of sp³-hybridized carbons (Fsp3) is 0.417. The van der Waals surface area contributed by atoms with Gasteiger partial charge in [0.2, 0.25) is 0 Å². The summed E-state index contributed by atoms with van der Waals surface area (Å²) in [5, 5.41) is 0. The summed E-state index contributed by atoms with van der Waals surface area (Å²) in [6.07, 6.45) is 5.92. The van der Waals surface area contributed by atoms with E-state index in [0.717, 1.165) is 42.4 Å². The standard InChI is InChI=1S/C12H15N3O/c1-2-3-4-6-9-11-10(7-5-8-13-11)15-12(16)14-9/h5,7-8H,2-4,6H2,1H3,(H,14,15,16). The van der Waals surface area contributed by atoms with Crippen LogP contribution >= 0.6 is 0 Å². The highest BCUT2D eigenvalue weighted by atomic mass is 16.1. The van der Waals surface area contributed by atoms with E-state index in [4.69, 9.17) is 0 Å². The molecule has 0 unspecified atom stereocenters. The van der Waals surface area contributed by atoms with E-state index < -0.39 is 0 Å². The van der Waals surface area contributed by atoms with Gasteiger partial charge in [0, 0.05) is 6.20 Å². The normalized spacial score (nSPS) is 10.8. The largest absolute Gasteiger partial charge is 0.345 e. The van der Waals surface area contributed by atoms with E-state index in [-0.39, 0.29) is 5.69 Å². The summed E-state index contributed by atoms with van der Waals surface area (Å²) >= 11 is 0. The second kappa shape index (κ2) is 4.88. The fourth-order valence-corrected chi connectivity index (χ4v) is 1.77. The first-order chi connectivity index (χ1) is 7.81. The van der Waals surface area contributed by atoms with Gasteiger partial charge in [-0.3, -0.25) is 4.98 Å². The highest BCUT2D eigenvalue weighted by Gasteiger charge is 2.05. The van der Waals surface area contributed by atoms with Crippen molar-refractivity contribution < 1.29 is 0 Å². The molecule has 0 fully saturated rings. The minimum atomic E-state index is -0.285. The van der Waals surface area contributed by atoms with Crippen molar-refractivity contribution in [2.75, 3.05) is 0 Å². The molecule has 2 rings (SSSR count). The van der Waals surface area contributed by atoms with Crippen molar-refractivity contribution in [1.82, 2.24) is 15.0 Å². The molecule has 0 spiro atoms. The number of hydrogen-bond acceptors (Lipinski definition) is 3. The lowest BCUT2D eigenvalue weighted by Crippen LogP contribution is -2.13. The van der Waals surface area contributed by atoms with Crippen LogP contribution in [-0.2, 0) is 6.42 Å². The number of H-pyrrole nitrogens is 1. The van der Waals surface area contributed by atoms with Crippen LogP contribution < -0.4 is 5.69 Å². The van der Waals surface area contributed by atoms with Crippen LogP contribution in [0.2, 0.25) is 0 Å². The summed E-state index contributed by atoms with van der Waals surface area (Å²) in [7, 11) is 0. The molecule has 84 valence electrons. The van der Waals surface area contributed by atoms with Gasteiger partial charge in [-0.1, -0.05) is 19.8 Å². The second-order valence-corrected chi connectivity index (χ2v) is 3.85. The van der Waals surface area contributed by atoms with Crippen LogP contribution in [0.3, 0.4) is 0 Å². The number of pyridine rings is 1. The number of aromatic amines is 1. The van der Waals surface area contributed by atoms with Crippen LogP contribution in [0.1, 0.15) is 31.9 Å². The maximum atomic E-state index is 11.3. The van der Waals surface area contributed by atoms with E-state index in [1.807, 2.05) is 12.1 Å². The van der Waals surface area contributed by atoms with Gasteiger partial charge in [-0.2, -0.15) is 4.98 Å². The Bertz CT molecular complexity index is 533. The molecule has 4 heteroatoms. The third-order valence-electron chi connectivity index (χ3n) is 2.58. The van der Waals surface area contributed by atoms with E-state index in [2.05, 4.69) is 21.9 Å². The average Bonchev–Trinajstić information content (AvgIpc) is 2.29. The third-order valence-corrected chi connectivity index (χ3v) is 2.58. The lowest BCUT2D eigenvalue weighted by Gasteiger charge is -2.03. The van der Waals surface area contributed by atoms with Crippen LogP contribution in [0.25, 0.3) is 11.0 Å². The summed E-state index contributed by atoms with van der Waals surface area (Å²) in [6, 6.07) is 3.67. The summed E-state index contributed by atoms with van der Waals surface area (Å²) in [5.74, 6) is 0. The first kappa shape index (κ1) is 10.8. The number of nitrogens with one attached hydrogen (secondary N) is 1. The summed E-state index contributed by atoms with van der Waals surface area (Å²) in [5.41, 5.74) is 2.12. The zero-order chi connectivity index (χ0) is 11.4. The van der Waals surface area contributed by atoms with Crippen LogP contribution in [0.4, 0.5) is 0 Å². The number of aromatic nitrogens is 3. The predicted molar refractivity (Wildman–Crippen MR) is 63.4 cm³/mol. The monoisotopic (exact) mass is 217 g/mol. The smallest absolute Gasteiger partial charge is 0.304 e. The van der Waals surface area contributed by atoms with Crippen molar-refractivity contribution in [2.45, 2.75) is 32.6 Å². The molecule has 0 saturated heterocycles. The predicted octanol–water partition coefficient (Wildman–Crippen LogP) is 2.05. The molecule has 0 atom stereocenters. The number of nitrogens with zero attached hydrogens (tertiary/aromatic N) is 2. The molecule has 0 aliphatic heterocycles. The SMILES string of the molecule is CCCCCc1nc(=O)[nH]c2cccnc12. The lowest BCUT2D eigenvalue weighted by molar-refractivity contribution is 0.706. The quantitative estimate of drug-likeness (QED) is 0.797. The number of hydrogen-bond donors (Lipinski definition) is 1. The van der Waals surface area contributed by atoms with Crippen molar-refractivity contribution in [1.29, 1.82) is 0 Å². The maximum Gasteiger partial charge on any atom is 0.345 e. The Morgan fingerprint density at radius 1 is 1.38 bits per heavy atom. The Morgan fingerprint density at radius 3 is 3.06 bits per heavy atom. The van der Waals surface area contributed by atoms with Gasteiger partial charge >= 0.3 is 5.69 Å². The van der Waals surface area contributed by atoms with E-state index in [0.29, 0.717) is 0 Å². The topological polar surface area (TPSA) is 58.6 Å². The van der Waals surface area contributed by atoms with Crippen molar-refractivity contribution in [3.05, 3.63) is 34.5 Å². The zero-order valence-corrected chi connectivity index (χ0v) is 9.36. The van der Waals surface area contributed by atoms with Gasteiger partial charge in [0.15, 0.2) is 0 Å². The molecule has 16 heavy (non-hydrogen) atoms. The van der Waals surface area contributed by atoms with E-state index >= 15 is 0 Å². The van der Waals surface area contributed by atoms with Gasteiger partial charge in [0.05, 0.1) is 11.2 Å². The zero-order valence-electron chi connectivity index (χ0n) is 9.36.